The van der Waals surface area contributed by atoms with Crippen molar-refractivity contribution in [3.05, 3.63) is 29.3 Å². The average Bonchev–Trinajstić information content (AvgIpc) is 3.32. The van der Waals surface area contributed by atoms with Gasteiger partial charge in [-0.2, -0.15) is 0 Å². The summed E-state index contributed by atoms with van der Waals surface area (Å²) in [6.45, 7) is 7.20. The van der Waals surface area contributed by atoms with E-state index in [1.54, 1.807) is 12.1 Å². The number of carbonyl (C=O) groups excluding carboxylic acids is 4. The molecular formula is C22H29Cl2N5O4. The van der Waals surface area contributed by atoms with E-state index < -0.39 is 23.8 Å². The van der Waals surface area contributed by atoms with Crippen LogP contribution in [0.25, 0.3) is 0 Å². The number of hydrogen-bond donors (Lipinski definition) is 2. The van der Waals surface area contributed by atoms with Crippen molar-refractivity contribution >= 4 is 54.1 Å². The van der Waals surface area contributed by atoms with E-state index in [0.29, 0.717) is 17.0 Å². The van der Waals surface area contributed by atoms with E-state index in [0.717, 1.165) is 62.8 Å². The van der Waals surface area contributed by atoms with E-state index in [-0.39, 0.29) is 43.6 Å². The summed E-state index contributed by atoms with van der Waals surface area (Å²) in [6, 6.07) is 4.45. The van der Waals surface area contributed by atoms with Crippen molar-refractivity contribution < 1.29 is 19.2 Å². The third kappa shape index (κ3) is 4.87. The fraction of sp³-hybridized carbons (Fsp3) is 0.545. The topological polar surface area (TPSA) is 102 Å². The molecule has 0 saturated carbocycles. The summed E-state index contributed by atoms with van der Waals surface area (Å²) in [7, 11) is 0. The number of nitrogens with one attached hydrogen (secondary N) is 2. The second-order valence-electron chi connectivity index (χ2n) is 8.83. The second-order valence-corrected chi connectivity index (χ2v) is 8.83. The Bertz CT molecular complexity index is 953. The predicted octanol–water partition coefficient (Wildman–Crippen LogP) is 0.663. The number of fused-ring (bicyclic) bond motifs is 1. The Morgan fingerprint density at radius 1 is 0.909 bits per heavy atom. The second kappa shape index (κ2) is 10.4. The van der Waals surface area contributed by atoms with Gasteiger partial charge in [0.05, 0.1) is 11.1 Å². The molecule has 3 saturated heterocycles. The molecule has 2 atom stereocenters. The molecule has 1 aromatic carbocycles. The van der Waals surface area contributed by atoms with Crippen LogP contribution in [-0.4, -0.2) is 85.3 Å². The van der Waals surface area contributed by atoms with Crippen molar-refractivity contribution in [2.75, 3.05) is 50.7 Å². The zero-order valence-corrected chi connectivity index (χ0v) is 19.9. The summed E-state index contributed by atoms with van der Waals surface area (Å²) in [6.07, 6.45) is 1.40. The highest BCUT2D eigenvalue weighted by atomic mass is 35.5. The van der Waals surface area contributed by atoms with Crippen LogP contribution < -0.4 is 15.5 Å². The SMILES string of the molecule is Cl.Cl.O=C1CCC(N2C(=O)c3ccc(N4CC[C@@H](CN5CCNCC5)C4)cc3C2=O)C(=O)N1. The number of anilines is 1. The van der Waals surface area contributed by atoms with Gasteiger partial charge in [0.15, 0.2) is 0 Å². The van der Waals surface area contributed by atoms with Crippen LogP contribution in [0.3, 0.4) is 0 Å². The normalized spacial score (nSPS) is 25.5. The highest BCUT2D eigenvalue weighted by molar-refractivity contribution is 6.23. The molecular weight excluding hydrogens is 469 g/mol. The van der Waals surface area contributed by atoms with Crippen molar-refractivity contribution in [1.82, 2.24) is 20.4 Å². The summed E-state index contributed by atoms with van der Waals surface area (Å²) in [5, 5.41) is 5.61. The Hall–Kier alpha value is -2.20. The molecule has 4 amide bonds. The van der Waals surface area contributed by atoms with Gasteiger partial charge in [0.2, 0.25) is 11.8 Å². The molecule has 0 spiro atoms. The molecule has 4 aliphatic rings. The summed E-state index contributed by atoms with van der Waals surface area (Å²) >= 11 is 0. The molecule has 1 aromatic rings. The molecule has 0 radical (unpaired) electrons. The van der Waals surface area contributed by atoms with E-state index >= 15 is 0 Å². The summed E-state index contributed by atoms with van der Waals surface area (Å²) in [5.41, 5.74) is 1.61. The van der Waals surface area contributed by atoms with Gasteiger partial charge in [-0.3, -0.25) is 29.4 Å². The smallest absolute Gasteiger partial charge is 0.262 e. The average molecular weight is 498 g/mol. The van der Waals surface area contributed by atoms with E-state index in [4.69, 9.17) is 0 Å². The van der Waals surface area contributed by atoms with Crippen LogP contribution >= 0.6 is 24.8 Å². The van der Waals surface area contributed by atoms with Gasteiger partial charge in [0.1, 0.15) is 6.04 Å². The molecule has 180 valence electrons. The number of benzene rings is 1. The molecule has 9 nitrogen and oxygen atoms in total. The molecule has 4 aliphatic heterocycles. The monoisotopic (exact) mass is 497 g/mol. The maximum Gasteiger partial charge on any atom is 0.262 e. The molecule has 5 rings (SSSR count). The van der Waals surface area contributed by atoms with Crippen molar-refractivity contribution in [1.29, 1.82) is 0 Å². The van der Waals surface area contributed by atoms with E-state index in [2.05, 4.69) is 20.4 Å². The van der Waals surface area contributed by atoms with Gasteiger partial charge in [0.25, 0.3) is 11.8 Å². The Labute approximate surface area is 205 Å². The van der Waals surface area contributed by atoms with Gasteiger partial charge in [0, 0.05) is 57.9 Å². The highest BCUT2D eigenvalue weighted by Crippen LogP contribution is 2.32. The van der Waals surface area contributed by atoms with Gasteiger partial charge in [-0.15, -0.1) is 24.8 Å². The zero-order chi connectivity index (χ0) is 21.5. The number of amides is 4. The first-order valence-corrected chi connectivity index (χ1v) is 11.0. The van der Waals surface area contributed by atoms with Crippen LogP contribution in [0.4, 0.5) is 5.69 Å². The Balaban J connectivity index is 0.00000153. The molecule has 0 aromatic heterocycles. The zero-order valence-electron chi connectivity index (χ0n) is 18.2. The van der Waals surface area contributed by atoms with Crippen LogP contribution in [0, 0.1) is 5.92 Å². The summed E-state index contributed by atoms with van der Waals surface area (Å²) < 4.78 is 0. The molecule has 0 aliphatic carbocycles. The van der Waals surface area contributed by atoms with Crippen LogP contribution in [0.1, 0.15) is 40.0 Å². The lowest BCUT2D eigenvalue weighted by atomic mass is 10.0. The van der Waals surface area contributed by atoms with Crippen molar-refractivity contribution in [2.24, 2.45) is 5.92 Å². The predicted molar refractivity (Wildman–Crippen MR) is 127 cm³/mol. The number of piperidine rings is 1. The number of piperazine rings is 1. The lowest BCUT2D eigenvalue weighted by Gasteiger charge is -2.29. The minimum Gasteiger partial charge on any atom is -0.371 e. The quantitative estimate of drug-likeness (QED) is 0.589. The first kappa shape index (κ1) is 25.4. The third-order valence-corrected chi connectivity index (χ3v) is 6.80. The number of rotatable bonds is 4. The lowest BCUT2D eigenvalue weighted by Crippen LogP contribution is -2.54. The fourth-order valence-corrected chi connectivity index (χ4v) is 5.13. The van der Waals surface area contributed by atoms with Gasteiger partial charge in [-0.25, -0.2) is 0 Å². The van der Waals surface area contributed by atoms with E-state index in [1.165, 1.54) is 0 Å². The molecule has 0 bridgehead atoms. The molecule has 33 heavy (non-hydrogen) atoms. The van der Waals surface area contributed by atoms with Crippen LogP contribution in [0.5, 0.6) is 0 Å². The Morgan fingerprint density at radius 3 is 2.36 bits per heavy atom. The van der Waals surface area contributed by atoms with E-state index in [1.807, 2.05) is 6.07 Å². The maximum absolute atomic E-state index is 13.0. The van der Waals surface area contributed by atoms with E-state index in [9.17, 15) is 19.2 Å². The number of halogens is 2. The first-order chi connectivity index (χ1) is 15.0. The maximum atomic E-state index is 13.0. The first-order valence-electron chi connectivity index (χ1n) is 11.0. The highest BCUT2D eigenvalue weighted by Gasteiger charge is 2.44. The number of imide groups is 2. The third-order valence-electron chi connectivity index (χ3n) is 6.80. The largest absolute Gasteiger partial charge is 0.371 e. The van der Waals surface area contributed by atoms with Crippen molar-refractivity contribution in [3.63, 3.8) is 0 Å². The molecule has 1 unspecified atom stereocenters. The van der Waals surface area contributed by atoms with Crippen LogP contribution in [0.2, 0.25) is 0 Å². The molecule has 2 N–H and O–H groups in total. The Morgan fingerprint density at radius 2 is 1.64 bits per heavy atom. The van der Waals surface area contributed by atoms with Gasteiger partial charge in [-0.05, 0) is 37.0 Å². The molecule has 4 heterocycles. The van der Waals surface area contributed by atoms with Gasteiger partial charge >= 0.3 is 0 Å². The van der Waals surface area contributed by atoms with Crippen molar-refractivity contribution in [3.8, 4) is 0 Å². The molecule has 11 heteroatoms. The lowest BCUT2D eigenvalue weighted by molar-refractivity contribution is -0.136. The minimum atomic E-state index is -0.927. The van der Waals surface area contributed by atoms with Crippen LogP contribution in [0.15, 0.2) is 18.2 Å². The van der Waals surface area contributed by atoms with Crippen LogP contribution in [-0.2, 0) is 9.59 Å². The summed E-state index contributed by atoms with van der Waals surface area (Å²) in [5.74, 6) is -1.28. The number of hydrogen-bond acceptors (Lipinski definition) is 7. The van der Waals surface area contributed by atoms with Crippen molar-refractivity contribution in [2.45, 2.75) is 25.3 Å². The minimum absolute atomic E-state index is 0. The number of nitrogens with zero attached hydrogens (tertiary/aromatic N) is 3. The number of carbonyl (C=O) groups is 4. The Kier molecular flexibility index (Phi) is 8.00. The fourth-order valence-electron chi connectivity index (χ4n) is 5.13. The summed E-state index contributed by atoms with van der Waals surface area (Å²) in [4.78, 5) is 55.3. The molecule has 3 fully saturated rings. The standard InChI is InChI=1S/C22H27N5O4.2ClH/c28-19-4-3-18(20(29)24-19)27-21(30)16-2-1-15(11-17(16)22(27)31)26-8-5-14(13-26)12-25-9-6-23-7-10-25;;/h1-2,11,14,18,23H,3-10,12-13H2,(H,24,28,29);2*1H/t14-,18?;;/m0../s1. The van der Waals surface area contributed by atoms with Gasteiger partial charge in [-0.1, -0.05) is 0 Å². The van der Waals surface area contributed by atoms with Gasteiger partial charge < -0.3 is 15.1 Å².